The van der Waals surface area contributed by atoms with Gasteiger partial charge < -0.3 is 20.5 Å². The number of nitrogens with one attached hydrogen (secondary N) is 3. The van der Waals surface area contributed by atoms with E-state index in [1.165, 1.54) is 24.3 Å². The number of H-pyrrole nitrogens is 1. The number of carbonyl (C=O) groups is 1. The van der Waals surface area contributed by atoms with Gasteiger partial charge in [-0.3, -0.25) is 0 Å². The number of anilines is 1. The number of thioether (sulfide) groups is 1. The van der Waals surface area contributed by atoms with Crippen molar-refractivity contribution in [3.05, 3.63) is 30.5 Å². The number of piperidine rings is 1. The van der Waals surface area contributed by atoms with Gasteiger partial charge in [0.15, 0.2) is 0 Å². The fraction of sp³-hybridized carbons (Fsp3) is 0.526. The molecule has 0 unspecified atom stereocenters. The van der Waals surface area contributed by atoms with Crippen molar-refractivity contribution >= 4 is 34.4 Å². The van der Waals surface area contributed by atoms with E-state index in [0.717, 1.165) is 48.6 Å². The Morgan fingerprint density at radius 1 is 1.12 bits per heavy atom. The van der Waals surface area contributed by atoms with Crippen LogP contribution in [0.2, 0.25) is 0 Å². The number of nitrogens with zero attached hydrogens (tertiary/aromatic N) is 1. The van der Waals surface area contributed by atoms with Crippen molar-refractivity contribution in [2.45, 2.75) is 37.8 Å². The lowest BCUT2D eigenvalue weighted by molar-refractivity contribution is 0.138. The first kappa shape index (κ1) is 16.8. The number of benzene rings is 1. The molecule has 0 atom stereocenters. The molecule has 1 aromatic heterocycles. The molecule has 2 aliphatic rings. The first-order valence-electron chi connectivity index (χ1n) is 9.24. The molecule has 0 spiro atoms. The maximum absolute atomic E-state index is 12.3. The molecule has 2 saturated heterocycles. The van der Waals surface area contributed by atoms with Gasteiger partial charge in [-0.2, -0.15) is 11.8 Å². The fourth-order valence-electron chi connectivity index (χ4n) is 3.94. The van der Waals surface area contributed by atoms with Crippen LogP contribution in [0.1, 0.15) is 25.7 Å². The van der Waals surface area contributed by atoms with Crippen LogP contribution in [0.25, 0.3) is 10.9 Å². The van der Waals surface area contributed by atoms with Crippen LogP contribution >= 0.6 is 11.8 Å². The topological polar surface area (TPSA) is 60.2 Å². The molecule has 2 fully saturated rings. The van der Waals surface area contributed by atoms with Crippen LogP contribution < -0.4 is 10.6 Å². The summed E-state index contributed by atoms with van der Waals surface area (Å²) < 4.78 is 0. The highest BCUT2D eigenvalue weighted by Gasteiger charge is 2.26. The third-order valence-corrected chi connectivity index (χ3v) is 6.43. The van der Waals surface area contributed by atoms with Gasteiger partial charge in [-0.1, -0.05) is 0 Å². The zero-order valence-corrected chi connectivity index (χ0v) is 15.3. The molecule has 0 aliphatic carbocycles. The molecule has 5 nitrogen and oxygen atoms in total. The zero-order valence-electron chi connectivity index (χ0n) is 14.5. The fourth-order valence-corrected chi connectivity index (χ4v) is 5.02. The van der Waals surface area contributed by atoms with E-state index in [-0.39, 0.29) is 12.1 Å². The molecule has 0 saturated carbocycles. The van der Waals surface area contributed by atoms with E-state index in [0.29, 0.717) is 0 Å². The zero-order chi connectivity index (χ0) is 17.1. The number of carbonyl (C=O) groups excluding carboxylic acids is 1. The standard InChI is InChI=1S/C19H26N4OS/c24-19(22-16-1-2-18-14(13-16)3-8-20-18)21-15-4-9-23(10-5-15)17-6-11-25-12-7-17/h1-3,8,13,15,17,20H,4-7,9-12H2,(H2,21,22,24). The van der Waals surface area contributed by atoms with Crippen molar-refractivity contribution < 1.29 is 4.79 Å². The second-order valence-electron chi connectivity index (χ2n) is 7.03. The number of hydrogen-bond acceptors (Lipinski definition) is 3. The van der Waals surface area contributed by atoms with E-state index in [2.05, 4.69) is 32.3 Å². The Labute approximate surface area is 152 Å². The summed E-state index contributed by atoms with van der Waals surface area (Å²) in [7, 11) is 0. The summed E-state index contributed by atoms with van der Waals surface area (Å²) in [6.07, 6.45) is 6.66. The minimum atomic E-state index is -0.0950. The number of fused-ring (bicyclic) bond motifs is 1. The largest absolute Gasteiger partial charge is 0.361 e. The van der Waals surface area contributed by atoms with Gasteiger partial charge in [-0.05, 0) is 61.5 Å². The van der Waals surface area contributed by atoms with Crippen molar-refractivity contribution in [1.82, 2.24) is 15.2 Å². The summed E-state index contributed by atoms with van der Waals surface area (Å²) >= 11 is 2.08. The van der Waals surface area contributed by atoms with Gasteiger partial charge in [0, 0.05) is 48.0 Å². The summed E-state index contributed by atoms with van der Waals surface area (Å²) in [6, 6.07) is 8.89. The lowest BCUT2D eigenvalue weighted by Crippen LogP contribution is -2.49. The number of amides is 2. The summed E-state index contributed by atoms with van der Waals surface area (Å²) in [5.41, 5.74) is 1.92. The van der Waals surface area contributed by atoms with Crippen LogP contribution in [0.5, 0.6) is 0 Å². The van der Waals surface area contributed by atoms with Gasteiger partial charge in [-0.25, -0.2) is 4.79 Å². The monoisotopic (exact) mass is 358 g/mol. The van der Waals surface area contributed by atoms with Crippen LogP contribution in [0.15, 0.2) is 30.5 Å². The van der Waals surface area contributed by atoms with E-state index >= 15 is 0 Å². The molecular weight excluding hydrogens is 332 g/mol. The molecule has 6 heteroatoms. The van der Waals surface area contributed by atoms with E-state index in [1.54, 1.807) is 0 Å². The minimum Gasteiger partial charge on any atom is -0.361 e. The van der Waals surface area contributed by atoms with Gasteiger partial charge in [0.25, 0.3) is 0 Å². The second-order valence-corrected chi connectivity index (χ2v) is 8.26. The van der Waals surface area contributed by atoms with Crippen molar-refractivity contribution in [2.75, 3.05) is 29.9 Å². The molecular formula is C19H26N4OS. The number of aromatic nitrogens is 1. The number of urea groups is 1. The Kier molecular flexibility index (Phi) is 5.17. The molecule has 4 rings (SSSR count). The lowest BCUT2D eigenvalue weighted by atomic mass is 10.0. The normalized spacial score (nSPS) is 20.6. The maximum Gasteiger partial charge on any atom is 0.319 e. The number of hydrogen-bond donors (Lipinski definition) is 3. The van der Waals surface area contributed by atoms with E-state index < -0.39 is 0 Å². The van der Waals surface area contributed by atoms with Crippen LogP contribution in [0.3, 0.4) is 0 Å². The van der Waals surface area contributed by atoms with Crippen LogP contribution in [-0.2, 0) is 0 Å². The van der Waals surface area contributed by atoms with Gasteiger partial charge in [0.2, 0.25) is 0 Å². The van der Waals surface area contributed by atoms with E-state index in [1.807, 2.05) is 30.5 Å². The van der Waals surface area contributed by atoms with Gasteiger partial charge in [-0.15, -0.1) is 0 Å². The Morgan fingerprint density at radius 2 is 1.92 bits per heavy atom. The Bertz CT molecular complexity index is 717. The number of aromatic amines is 1. The summed E-state index contributed by atoms with van der Waals surface area (Å²) in [4.78, 5) is 18.1. The smallest absolute Gasteiger partial charge is 0.319 e. The molecule has 2 aromatic rings. The number of rotatable bonds is 3. The highest BCUT2D eigenvalue weighted by atomic mass is 32.2. The Balaban J connectivity index is 1.25. The first-order valence-corrected chi connectivity index (χ1v) is 10.4. The van der Waals surface area contributed by atoms with E-state index in [4.69, 9.17) is 0 Å². The summed E-state index contributed by atoms with van der Waals surface area (Å²) in [6.45, 7) is 2.21. The molecule has 25 heavy (non-hydrogen) atoms. The van der Waals surface area contributed by atoms with Crippen molar-refractivity contribution in [3.63, 3.8) is 0 Å². The minimum absolute atomic E-state index is 0.0950. The van der Waals surface area contributed by atoms with Crippen LogP contribution in [-0.4, -0.2) is 52.6 Å². The molecule has 2 aliphatic heterocycles. The predicted molar refractivity (Wildman–Crippen MR) is 105 cm³/mol. The van der Waals surface area contributed by atoms with Gasteiger partial charge >= 0.3 is 6.03 Å². The van der Waals surface area contributed by atoms with Gasteiger partial charge in [0.1, 0.15) is 0 Å². The summed E-state index contributed by atoms with van der Waals surface area (Å²) in [5, 5.41) is 7.22. The molecule has 3 N–H and O–H groups in total. The van der Waals surface area contributed by atoms with Crippen molar-refractivity contribution in [2.24, 2.45) is 0 Å². The third kappa shape index (κ3) is 4.12. The molecule has 1 aromatic carbocycles. The summed E-state index contributed by atoms with van der Waals surface area (Å²) in [5.74, 6) is 2.60. The molecule has 2 amide bonds. The van der Waals surface area contributed by atoms with Gasteiger partial charge in [0.05, 0.1) is 0 Å². The average molecular weight is 359 g/mol. The maximum atomic E-state index is 12.3. The number of likely N-dealkylation sites (tertiary alicyclic amines) is 1. The third-order valence-electron chi connectivity index (χ3n) is 5.38. The quantitative estimate of drug-likeness (QED) is 0.785. The molecule has 0 radical (unpaired) electrons. The molecule has 0 bridgehead atoms. The predicted octanol–water partition coefficient (Wildman–Crippen LogP) is 3.65. The van der Waals surface area contributed by atoms with Crippen molar-refractivity contribution in [3.8, 4) is 0 Å². The first-order chi connectivity index (χ1) is 12.3. The average Bonchev–Trinajstić information content (AvgIpc) is 3.11. The van der Waals surface area contributed by atoms with Crippen LogP contribution in [0, 0.1) is 0 Å². The highest BCUT2D eigenvalue weighted by Crippen LogP contribution is 2.24. The second kappa shape index (κ2) is 7.70. The van der Waals surface area contributed by atoms with E-state index in [9.17, 15) is 4.79 Å². The Hall–Kier alpha value is -1.66. The lowest BCUT2D eigenvalue weighted by Gasteiger charge is -2.39. The molecule has 3 heterocycles. The highest BCUT2D eigenvalue weighted by molar-refractivity contribution is 7.99. The Morgan fingerprint density at radius 3 is 2.72 bits per heavy atom. The molecule has 134 valence electrons. The van der Waals surface area contributed by atoms with Crippen molar-refractivity contribution in [1.29, 1.82) is 0 Å². The SMILES string of the molecule is O=C(Nc1ccc2[nH]ccc2c1)NC1CCN(C2CCSCC2)CC1. The van der Waals surface area contributed by atoms with Crippen LogP contribution in [0.4, 0.5) is 10.5 Å².